The number of carbonyl (C=O) groups excluding carboxylic acids is 2. The summed E-state index contributed by atoms with van der Waals surface area (Å²) in [6, 6.07) is 10.3. The second-order valence-electron chi connectivity index (χ2n) is 6.76. The molecule has 1 aliphatic heterocycles. The predicted octanol–water partition coefficient (Wildman–Crippen LogP) is 4.54. The third-order valence-corrected chi connectivity index (χ3v) is 6.58. The van der Waals surface area contributed by atoms with E-state index in [0.29, 0.717) is 24.1 Å². The summed E-state index contributed by atoms with van der Waals surface area (Å²) in [6.45, 7) is 3.71. The fourth-order valence-corrected chi connectivity index (χ4v) is 5.12. The van der Waals surface area contributed by atoms with Crippen LogP contribution in [0.4, 0.5) is 5.69 Å². The van der Waals surface area contributed by atoms with Crippen molar-refractivity contribution in [2.75, 3.05) is 18.1 Å². The van der Waals surface area contributed by atoms with Crippen molar-refractivity contribution in [1.82, 2.24) is 0 Å². The first-order chi connectivity index (χ1) is 14.0. The molecule has 2 aromatic carbocycles. The van der Waals surface area contributed by atoms with Crippen LogP contribution in [0.25, 0.3) is 0 Å². The van der Waals surface area contributed by atoms with Crippen LogP contribution in [0.5, 0.6) is 5.75 Å². The molecule has 0 unspecified atom stereocenters. The van der Waals surface area contributed by atoms with E-state index in [1.165, 1.54) is 11.0 Å². The van der Waals surface area contributed by atoms with E-state index in [4.69, 9.17) is 13.6 Å². The molecule has 7 nitrogen and oxygen atoms in total. The molecule has 0 radical (unpaired) electrons. The zero-order valence-corrected chi connectivity index (χ0v) is 17.2. The average Bonchev–Trinajstić information content (AvgIpc) is 3.27. The van der Waals surface area contributed by atoms with Crippen LogP contribution < -0.4 is 9.42 Å². The number of para-hydroxylation sites is 1. The summed E-state index contributed by atoms with van der Waals surface area (Å²) in [7, 11) is -3.82. The summed E-state index contributed by atoms with van der Waals surface area (Å²) < 4.78 is 29.1. The number of phosphoric acid groups is 1. The predicted molar refractivity (Wildman–Crippen MR) is 108 cm³/mol. The van der Waals surface area contributed by atoms with Gasteiger partial charge in [-0.1, -0.05) is 18.2 Å². The van der Waals surface area contributed by atoms with Gasteiger partial charge in [-0.3, -0.25) is 18.6 Å². The topological polar surface area (TPSA) is 82.1 Å². The van der Waals surface area contributed by atoms with Crippen molar-refractivity contribution in [3.63, 3.8) is 0 Å². The molecule has 1 aliphatic carbocycles. The second kappa shape index (κ2) is 7.75. The van der Waals surface area contributed by atoms with E-state index in [-0.39, 0.29) is 30.4 Å². The lowest BCUT2D eigenvalue weighted by Crippen LogP contribution is -2.29. The summed E-state index contributed by atoms with van der Waals surface area (Å²) in [5.41, 5.74) is 2.77. The number of hydrogen-bond acceptors (Lipinski definition) is 6. The molecule has 2 aromatic rings. The van der Waals surface area contributed by atoms with E-state index in [0.717, 1.165) is 17.5 Å². The minimum atomic E-state index is -3.82. The van der Waals surface area contributed by atoms with Gasteiger partial charge < -0.3 is 4.52 Å². The molecule has 0 bridgehead atoms. The first-order valence-corrected chi connectivity index (χ1v) is 11.2. The molecule has 0 N–H and O–H groups in total. The lowest BCUT2D eigenvalue weighted by Gasteiger charge is -2.19. The number of imide groups is 1. The van der Waals surface area contributed by atoms with Gasteiger partial charge in [0.15, 0.2) is 0 Å². The number of benzene rings is 2. The molecule has 0 spiro atoms. The Morgan fingerprint density at radius 3 is 2.28 bits per heavy atom. The summed E-state index contributed by atoms with van der Waals surface area (Å²) in [5, 5.41) is 0. The molecule has 2 amide bonds. The lowest BCUT2D eigenvalue weighted by molar-refractivity contribution is 0.0925. The summed E-state index contributed by atoms with van der Waals surface area (Å²) in [4.78, 5) is 27.4. The SMILES string of the molecule is CCOP(=O)(OCC)Oc1cc2c(c3c1CCC3)C(=O)N(c1ccccc1)C2=O. The summed E-state index contributed by atoms with van der Waals surface area (Å²) >= 11 is 0. The maximum Gasteiger partial charge on any atom is 0.530 e. The molecule has 0 aromatic heterocycles. The second-order valence-corrected chi connectivity index (χ2v) is 8.36. The first kappa shape index (κ1) is 19.8. The van der Waals surface area contributed by atoms with Crippen LogP contribution in [-0.2, 0) is 26.5 Å². The number of rotatable bonds is 7. The maximum absolute atomic E-state index is 13.1. The molecule has 0 saturated carbocycles. The van der Waals surface area contributed by atoms with Crippen molar-refractivity contribution in [2.45, 2.75) is 33.1 Å². The van der Waals surface area contributed by atoms with Gasteiger partial charge in [-0.15, -0.1) is 0 Å². The molecule has 0 fully saturated rings. The Hall–Kier alpha value is -2.47. The highest BCUT2D eigenvalue weighted by Crippen LogP contribution is 2.52. The summed E-state index contributed by atoms with van der Waals surface area (Å²) in [6.07, 6.45) is 2.15. The van der Waals surface area contributed by atoms with Crippen LogP contribution in [0, 0.1) is 0 Å². The van der Waals surface area contributed by atoms with Crippen molar-refractivity contribution in [3.05, 3.63) is 58.7 Å². The van der Waals surface area contributed by atoms with Gasteiger partial charge >= 0.3 is 7.82 Å². The van der Waals surface area contributed by atoms with E-state index in [1.807, 2.05) is 6.07 Å². The number of amides is 2. The molecule has 152 valence electrons. The molecule has 2 aliphatic rings. The van der Waals surface area contributed by atoms with Gasteiger partial charge in [0.25, 0.3) is 11.8 Å². The highest BCUT2D eigenvalue weighted by molar-refractivity contribution is 7.48. The Kier molecular flexibility index (Phi) is 5.30. The monoisotopic (exact) mass is 415 g/mol. The number of nitrogens with zero attached hydrogens (tertiary/aromatic N) is 1. The van der Waals surface area contributed by atoms with Gasteiger partial charge in [-0.05, 0) is 62.4 Å². The third-order valence-electron chi connectivity index (χ3n) is 5.01. The Labute approximate surface area is 169 Å². The molecule has 29 heavy (non-hydrogen) atoms. The molecular formula is C21H22NO6P. The molecule has 4 rings (SSSR count). The van der Waals surface area contributed by atoms with Crippen LogP contribution in [0.15, 0.2) is 36.4 Å². The normalized spacial score (nSPS) is 15.6. The number of fused-ring (bicyclic) bond motifs is 3. The van der Waals surface area contributed by atoms with Crippen LogP contribution >= 0.6 is 7.82 Å². The van der Waals surface area contributed by atoms with Crippen LogP contribution in [0.2, 0.25) is 0 Å². The van der Waals surface area contributed by atoms with Crippen molar-refractivity contribution in [1.29, 1.82) is 0 Å². The number of hydrogen-bond donors (Lipinski definition) is 0. The van der Waals surface area contributed by atoms with E-state index in [2.05, 4.69) is 0 Å². The summed E-state index contributed by atoms with van der Waals surface area (Å²) in [5.74, 6) is -0.463. The fourth-order valence-electron chi connectivity index (χ4n) is 3.90. The van der Waals surface area contributed by atoms with E-state index in [9.17, 15) is 14.2 Å². The van der Waals surface area contributed by atoms with Crippen molar-refractivity contribution in [3.8, 4) is 5.75 Å². The maximum atomic E-state index is 13.1. The van der Waals surface area contributed by atoms with Gasteiger partial charge in [0.1, 0.15) is 5.75 Å². The fraction of sp³-hybridized carbons (Fsp3) is 0.333. The van der Waals surface area contributed by atoms with Gasteiger partial charge in [-0.2, -0.15) is 0 Å². The standard InChI is InChI=1S/C21H22NO6P/c1-3-26-29(25,27-4-2)28-18-13-17-19(16-12-8-11-15(16)18)21(24)22(20(17)23)14-9-6-5-7-10-14/h5-7,9-10,13H,3-4,8,11-12H2,1-2H3. The van der Waals surface area contributed by atoms with Crippen molar-refractivity contribution >= 4 is 25.3 Å². The molecule has 1 heterocycles. The molecule has 8 heteroatoms. The molecule has 0 saturated heterocycles. The Morgan fingerprint density at radius 1 is 0.966 bits per heavy atom. The van der Waals surface area contributed by atoms with Gasteiger partial charge in [0.05, 0.1) is 30.0 Å². The lowest BCUT2D eigenvalue weighted by atomic mass is 9.98. The smallest absolute Gasteiger partial charge is 0.404 e. The van der Waals surface area contributed by atoms with E-state index < -0.39 is 13.7 Å². The quantitative estimate of drug-likeness (QED) is 0.488. The number of anilines is 1. The van der Waals surface area contributed by atoms with Gasteiger partial charge in [-0.25, -0.2) is 9.46 Å². The van der Waals surface area contributed by atoms with Crippen LogP contribution in [0.3, 0.4) is 0 Å². The van der Waals surface area contributed by atoms with Crippen molar-refractivity contribution < 1.29 is 27.7 Å². The highest BCUT2D eigenvalue weighted by atomic mass is 31.2. The number of carbonyl (C=O) groups is 2. The largest absolute Gasteiger partial charge is 0.530 e. The van der Waals surface area contributed by atoms with Gasteiger partial charge in [0, 0.05) is 0 Å². The molecular weight excluding hydrogens is 393 g/mol. The first-order valence-electron chi connectivity index (χ1n) is 9.70. The van der Waals surface area contributed by atoms with Gasteiger partial charge in [0.2, 0.25) is 0 Å². The van der Waals surface area contributed by atoms with E-state index >= 15 is 0 Å². The minimum absolute atomic E-state index is 0.156. The molecule has 0 atom stereocenters. The van der Waals surface area contributed by atoms with Crippen LogP contribution in [0.1, 0.15) is 52.1 Å². The average molecular weight is 415 g/mol. The Bertz CT molecular complexity index is 1010. The van der Waals surface area contributed by atoms with Crippen LogP contribution in [-0.4, -0.2) is 25.0 Å². The van der Waals surface area contributed by atoms with E-state index in [1.54, 1.807) is 38.1 Å². The zero-order chi connectivity index (χ0) is 20.6. The number of phosphoric ester groups is 1. The zero-order valence-electron chi connectivity index (χ0n) is 16.3. The Balaban J connectivity index is 1.80. The minimum Gasteiger partial charge on any atom is -0.404 e. The highest BCUT2D eigenvalue weighted by Gasteiger charge is 2.42. The Morgan fingerprint density at radius 2 is 1.62 bits per heavy atom. The third kappa shape index (κ3) is 3.39. The van der Waals surface area contributed by atoms with Crippen molar-refractivity contribution in [2.24, 2.45) is 0 Å².